The van der Waals surface area contributed by atoms with Crippen molar-refractivity contribution in [2.75, 3.05) is 0 Å². The minimum atomic E-state index is -3.42. The molecule has 6 heteroatoms. The first-order valence-electron chi connectivity index (χ1n) is 6.93. The van der Waals surface area contributed by atoms with E-state index < -0.39 is 10.0 Å². The van der Waals surface area contributed by atoms with Gasteiger partial charge in [-0.1, -0.05) is 20.8 Å². The van der Waals surface area contributed by atoms with Gasteiger partial charge in [0.25, 0.3) is 0 Å². The number of hydrogen-bond acceptors (Lipinski definition) is 3. The van der Waals surface area contributed by atoms with Crippen LogP contribution in [-0.2, 0) is 10.0 Å². The normalized spacial score (nSPS) is 35.6. The summed E-state index contributed by atoms with van der Waals surface area (Å²) in [5, 5.41) is 0. The number of rotatable bonds is 3. The van der Waals surface area contributed by atoms with E-state index >= 15 is 0 Å². The zero-order chi connectivity index (χ0) is 14.8. The van der Waals surface area contributed by atoms with Gasteiger partial charge in [0.05, 0.1) is 3.79 Å². The number of fused-ring (bicyclic) bond motifs is 2. The minimum Gasteiger partial charge on any atom is -0.206 e. The largest absolute Gasteiger partial charge is 0.250 e. The van der Waals surface area contributed by atoms with E-state index in [0.717, 1.165) is 16.6 Å². The molecule has 0 amide bonds. The molecule has 1 aromatic heterocycles. The average Bonchev–Trinajstić information content (AvgIpc) is 2.96. The highest BCUT2D eigenvalue weighted by molar-refractivity contribution is 9.11. The van der Waals surface area contributed by atoms with Crippen LogP contribution < -0.4 is 4.72 Å². The molecule has 0 saturated heterocycles. The van der Waals surface area contributed by atoms with Gasteiger partial charge in [-0.05, 0) is 64.1 Å². The number of halogens is 1. The lowest BCUT2D eigenvalue weighted by molar-refractivity contribution is 0.127. The van der Waals surface area contributed by atoms with E-state index in [-0.39, 0.29) is 16.9 Å². The van der Waals surface area contributed by atoms with Gasteiger partial charge in [0.15, 0.2) is 0 Å². The van der Waals surface area contributed by atoms with Gasteiger partial charge in [-0.25, -0.2) is 13.1 Å². The van der Waals surface area contributed by atoms with E-state index in [9.17, 15) is 8.42 Å². The average molecular weight is 378 g/mol. The third-order valence-corrected chi connectivity index (χ3v) is 8.89. The maximum absolute atomic E-state index is 12.6. The topological polar surface area (TPSA) is 46.2 Å². The van der Waals surface area contributed by atoms with Crippen molar-refractivity contribution < 1.29 is 8.42 Å². The summed E-state index contributed by atoms with van der Waals surface area (Å²) in [4.78, 5) is 0. The second-order valence-electron chi connectivity index (χ2n) is 7.03. The summed E-state index contributed by atoms with van der Waals surface area (Å²) in [6.07, 6.45) is 3.50. The molecule has 1 heterocycles. The molecule has 0 aliphatic heterocycles. The monoisotopic (exact) mass is 377 g/mol. The zero-order valence-electron chi connectivity index (χ0n) is 11.9. The Morgan fingerprint density at radius 1 is 1.35 bits per heavy atom. The molecule has 3 nitrogen and oxygen atoms in total. The second kappa shape index (κ2) is 4.54. The Labute approximate surface area is 133 Å². The first-order valence-corrected chi connectivity index (χ1v) is 10.0. The summed E-state index contributed by atoms with van der Waals surface area (Å²) in [5.74, 6) is 0.635. The molecule has 2 saturated carbocycles. The van der Waals surface area contributed by atoms with E-state index in [1.807, 2.05) is 0 Å². The molecule has 2 aliphatic carbocycles. The third kappa shape index (κ3) is 2.19. The number of nitrogens with one attached hydrogen (secondary N) is 1. The predicted octanol–water partition coefficient (Wildman–Crippen LogP) is 4.00. The molecule has 2 aliphatic rings. The number of hydrogen-bond donors (Lipinski definition) is 1. The first kappa shape index (κ1) is 15.0. The molecule has 1 N–H and O–H groups in total. The molecule has 0 aromatic carbocycles. The molecule has 3 unspecified atom stereocenters. The first-order chi connectivity index (χ1) is 9.15. The molecular weight excluding hydrogens is 358 g/mol. The lowest BCUT2D eigenvalue weighted by atomic mass is 9.69. The summed E-state index contributed by atoms with van der Waals surface area (Å²) in [6.45, 7) is 6.65. The fourth-order valence-electron chi connectivity index (χ4n) is 4.25. The summed E-state index contributed by atoms with van der Waals surface area (Å²) in [7, 11) is -3.42. The highest BCUT2D eigenvalue weighted by Gasteiger charge is 2.60. The van der Waals surface area contributed by atoms with Crippen LogP contribution in [0.1, 0.15) is 40.0 Å². The molecule has 3 rings (SSSR count). The predicted molar refractivity (Wildman–Crippen MR) is 85.4 cm³/mol. The second-order valence-corrected chi connectivity index (χ2v) is 11.4. The molecular formula is C14H20BrNO2S2. The Morgan fingerprint density at radius 3 is 2.55 bits per heavy atom. The van der Waals surface area contributed by atoms with Crippen molar-refractivity contribution in [3.05, 3.63) is 15.9 Å². The van der Waals surface area contributed by atoms with Gasteiger partial charge in [-0.15, -0.1) is 11.3 Å². The van der Waals surface area contributed by atoms with Gasteiger partial charge in [0.2, 0.25) is 10.0 Å². The Kier molecular flexibility index (Phi) is 3.41. The van der Waals surface area contributed by atoms with Crippen molar-refractivity contribution in [2.24, 2.45) is 16.7 Å². The van der Waals surface area contributed by atoms with E-state index in [1.54, 1.807) is 12.1 Å². The van der Waals surface area contributed by atoms with Crippen LogP contribution in [0, 0.1) is 16.7 Å². The van der Waals surface area contributed by atoms with Gasteiger partial charge >= 0.3 is 0 Å². The molecule has 2 fully saturated rings. The third-order valence-electron chi connectivity index (χ3n) is 5.36. The smallest absolute Gasteiger partial charge is 0.206 e. The summed E-state index contributed by atoms with van der Waals surface area (Å²) >= 11 is 4.59. The van der Waals surface area contributed by atoms with Crippen molar-refractivity contribution in [3.8, 4) is 0 Å². The van der Waals surface area contributed by atoms with Gasteiger partial charge in [-0.2, -0.15) is 0 Å². The molecule has 2 bridgehead atoms. The van der Waals surface area contributed by atoms with Crippen molar-refractivity contribution in [2.45, 2.75) is 50.3 Å². The van der Waals surface area contributed by atoms with Gasteiger partial charge < -0.3 is 0 Å². The van der Waals surface area contributed by atoms with Crippen LogP contribution in [0.5, 0.6) is 0 Å². The standard InChI is InChI=1S/C14H20BrNO2S2/c1-13(2)9-6-7-14(3,8-9)12(13)16-20(17,18)11-5-4-10(15)19-11/h4-5,9,12,16H,6-8H2,1-3H3. The lowest BCUT2D eigenvalue weighted by Gasteiger charge is -2.42. The van der Waals surface area contributed by atoms with Crippen LogP contribution in [0.15, 0.2) is 20.1 Å². The van der Waals surface area contributed by atoms with Crippen molar-refractivity contribution >= 4 is 37.3 Å². The highest BCUT2D eigenvalue weighted by atomic mass is 79.9. The SMILES string of the molecule is CC12CCC(C1)C(C)(C)C2NS(=O)(=O)c1ccc(Br)s1. The van der Waals surface area contributed by atoms with Crippen molar-refractivity contribution in [1.82, 2.24) is 4.72 Å². The Morgan fingerprint density at radius 2 is 2.05 bits per heavy atom. The van der Waals surface area contributed by atoms with E-state index in [1.165, 1.54) is 17.8 Å². The Hall–Kier alpha value is 0.0900. The minimum absolute atomic E-state index is 0.0274. The van der Waals surface area contributed by atoms with Crippen LogP contribution >= 0.6 is 27.3 Å². The molecule has 0 radical (unpaired) electrons. The fraction of sp³-hybridized carbons (Fsp3) is 0.714. The van der Waals surface area contributed by atoms with Crippen LogP contribution in [0.2, 0.25) is 0 Å². The van der Waals surface area contributed by atoms with Crippen LogP contribution in [0.4, 0.5) is 0 Å². The van der Waals surface area contributed by atoms with E-state index in [0.29, 0.717) is 10.1 Å². The van der Waals surface area contributed by atoms with E-state index in [2.05, 4.69) is 41.4 Å². The Balaban J connectivity index is 1.91. The van der Waals surface area contributed by atoms with E-state index in [4.69, 9.17) is 0 Å². The quantitative estimate of drug-likeness (QED) is 0.864. The van der Waals surface area contributed by atoms with Gasteiger partial charge in [-0.3, -0.25) is 0 Å². The van der Waals surface area contributed by atoms with Crippen LogP contribution in [0.3, 0.4) is 0 Å². The summed E-state index contributed by atoms with van der Waals surface area (Å²) in [6, 6.07) is 3.48. The Bertz CT molecular complexity index is 633. The fourth-order valence-corrected chi connectivity index (χ4v) is 7.81. The maximum Gasteiger partial charge on any atom is 0.250 e. The van der Waals surface area contributed by atoms with Crippen LogP contribution in [-0.4, -0.2) is 14.5 Å². The van der Waals surface area contributed by atoms with Crippen molar-refractivity contribution in [1.29, 1.82) is 0 Å². The maximum atomic E-state index is 12.6. The van der Waals surface area contributed by atoms with Crippen molar-refractivity contribution in [3.63, 3.8) is 0 Å². The molecule has 112 valence electrons. The summed E-state index contributed by atoms with van der Waals surface area (Å²) in [5.41, 5.74) is 0.143. The van der Waals surface area contributed by atoms with Gasteiger partial charge in [0.1, 0.15) is 4.21 Å². The molecule has 1 aromatic rings. The zero-order valence-corrected chi connectivity index (χ0v) is 15.2. The molecule has 0 spiro atoms. The summed E-state index contributed by atoms with van der Waals surface area (Å²) < 4.78 is 29.4. The van der Waals surface area contributed by atoms with Gasteiger partial charge in [0, 0.05) is 6.04 Å². The molecule has 20 heavy (non-hydrogen) atoms. The lowest BCUT2D eigenvalue weighted by Crippen LogP contribution is -2.52. The highest BCUT2D eigenvalue weighted by Crippen LogP contribution is 2.62. The van der Waals surface area contributed by atoms with Crippen LogP contribution in [0.25, 0.3) is 0 Å². The number of sulfonamides is 1. The number of thiophene rings is 1. The molecule has 3 atom stereocenters.